The van der Waals surface area contributed by atoms with Crippen molar-refractivity contribution in [3.05, 3.63) is 0 Å². The summed E-state index contributed by atoms with van der Waals surface area (Å²) in [4.78, 5) is 22.2. The summed E-state index contributed by atoms with van der Waals surface area (Å²) in [6, 6.07) is 0. The van der Waals surface area contributed by atoms with E-state index < -0.39 is 5.92 Å². The van der Waals surface area contributed by atoms with Crippen LogP contribution >= 0.6 is 0 Å². The summed E-state index contributed by atoms with van der Waals surface area (Å²) < 4.78 is 0. The number of aldehydes is 1. The highest BCUT2D eigenvalue weighted by Crippen LogP contribution is 2.13. The zero-order chi connectivity index (χ0) is 16.5. The predicted molar refractivity (Wildman–Crippen MR) is 93.9 cm³/mol. The lowest BCUT2D eigenvalue weighted by Crippen LogP contribution is -2.24. The van der Waals surface area contributed by atoms with Crippen molar-refractivity contribution in [3.8, 4) is 0 Å². The third-order valence-electron chi connectivity index (χ3n) is 4.36. The van der Waals surface area contributed by atoms with Crippen molar-refractivity contribution >= 4 is 12.1 Å². The van der Waals surface area contributed by atoms with Crippen molar-refractivity contribution in [3.63, 3.8) is 0 Å². The van der Waals surface area contributed by atoms with Gasteiger partial charge in [-0.1, -0.05) is 84.0 Å². The fraction of sp³-hybridized carbons (Fsp3) is 0.895. The monoisotopic (exact) mass is 311 g/mol. The lowest BCUT2D eigenvalue weighted by Gasteiger charge is -2.06. The molecule has 0 aliphatic carbocycles. The highest BCUT2D eigenvalue weighted by atomic mass is 16.1. The fourth-order valence-electron chi connectivity index (χ4n) is 2.77. The Morgan fingerprint density at radius 2 is 1.23 bits per heavy atom. The number of hydrogen-bond acceptors (Lipinski definition) is 3. The molecule has 130 valence electrons. The maximum atomic E-state index is 11.6. The Morgan fingerprint density at radius 1 is 0.818 bits per heavy atom. The molecular weight excluding hydrogens is 274 g/mol. The van der Waals surface area contributed by atoms with Crippen molar-refractivity contribution in [2.75, 3.05) is 6.54 Å². The van der Waals surface area contributed by atoms with Crippen LogP contribution in [-0.4, -0.2) is 18.6 Å². The summed E-state index contributed by atoms with van der Waals surface area (Å²) in [5.41, 5.74) is 5.38. The van der Waals surface area contributed by atoms with E-state index in [1.54, 1.807) is 0 Å². The number of carbonyl (C=O) groups is 2. The first kappa shape index (κ1) is 21.3. The van der Waals surface area contributed by atoms with Crippen LogP contribution in [-0.2, 0) is 9.59 Å². The van der Waals surface area contributed by atoms with Gasteiger partial charge >= 0.3 is 0 Å². The molecule has 22 heavy (non-hydrogen) atoms. The van der Waals surface area contributed by atoms with Gasteiger partial charge in [0.05, 0.1) is 5.92 Å². The Balaban J connectivity index is 3.20. The summed E-state index contributed by atoms with van der Waals surface area (Å²) in [6.07, 6.45) is 18.1. The summed E-state index contributed by atoms with van der Waals surface area (Å²) >= 11 is 0. The number of rotatable bonds is 17. The van der Waals surface area contributed by atoms with Crippen molar-refractivity contribution < 1.29 is 9.59 Å². The maximum absolute atomic E-state index is 11.6. The molecule has 0 saturated carbocycles. The molecule has 0 spiro atoms. The van der Waals surface area contributed by atoms with E-state index in [0.29, 0.717) is 12.7 Å². The first-order chi connectivity index (χ1) is 10.8. The standard InChI is InChI=1S/C19H37NO2/c1-2-3-4-5-6-7-8-9-10-11-12-13-14-15-19(22)18(16-20)17-21/h17-18H,2-16,20H2,1H3. The number of hydrogen-bond donors (Lipinski definition) is 1. The summed E-state index contributed by atoms with van der Waals surface area (Å²) in [7, 11) is 0. The molecule has 0 aromatic rings. The Hall–Kier alpha value is -0.700. The Kier molecular flexibility index (Phi) is 16.1. The molecule has 0 aliphatic rings. The van der Waals surface area contributed by atoms with E-state index in [1.807, 2.05) is 0 Å². The van der Waals surface area contributed by atoms with E-state index >= 15 is 0 Å². The second-order valence-electron chi connectivity index (χ2n) is 6.44. The van der Waals surface area contributed by atoms with Crippen LogP contribution in [0.5, 0.6) is 0 Å². The van der Waals surface area contributed by atoms with Gasteiger partial charge in [0.2, 0.25) is 0 Å². The zero-order valence-corrected chi connectivity index (χ0v) is 14.7. The van der Waals surface area contributed by atoms with E-state index in [1.165, 1.54) is 70.6 Å². The first-order valence-corrected chi connectivity index (χ1v) is 9.44. The van der Waals surface area contributed by atoms with Crippen LogP contribution in [0.25, 0.3) is 0 Å². The minimum absolute atomic E-state index is 0.0144. The number of Topliss-reactive ketones (excluding diaryl/α,β-unsaturated/α-hetero) is 1. The maximum Gasteiger partial charge on any atom is 0.144 e. The molecule has 3 heteroatoms. The molecule has 0 heterocycles. The van der Waals surface area contributed by atoms with Gasteiger partial charge in [-0.3, -0.25) is 4.79 Å². The van der Waals surface area contributed by atoms with E-state index in [4.69, 9.17) is 5.73 Å². The van der Waals surface area contributed by atoms with Gasteiger partial charge in [-0.05, 0) is 6.42 Å². The molecule has 0 aliphatic heterocycles. The molecular formula is C19H37NO2. The van der Waals surface area contributed by atoms with Crippen molar-refractivity contribution in [2.24, 2.45) is 11.7 Å². The van der Waals surface area contributed by atoms with E-state index in [2.05, 4.69) is 6.92 Å². The normalized spacial score (nSPS) is 12.3. The minimum atomic E-state index is -0.572. The summed E-state index contributed by atoms with van der Waals surface area (Å²) in [5, 5.41) is 0. The largest absolute Gasteiger partial charge is 0.329 e. The van der Waals surface area contributed by atoms with Gasteiger partial charge in [-0.2, -0.15) is 0 Å². The van der Waals surface area contributed by atoms with Crippen LogP contribution in [0.2, 0.25) is 0 Å². The SMILES string of the molecule is CCCCCCCCCCCCCCCC(=O)C(C=O)CN. The average molecular weight is 312 g/mol. The molecule has 0 aromatic heterocycles. The quantitative estimate of drug-likeness (QED) is 0.238. The molecule has 1 unspecified atom stereocenters. The molecule has 0 radical (unpaired) electrons. The molecule has 2 N–H and O–H groups in total. The van der Waals surface area contributed by atoms with Crippen LogP contribution in [0.1, 0.15) is 96.8 Å². The highest BCUT2D eigenvalue weighted by Gasteiger charge is 2.14. The molecule has 0 saturated heterocycles. The summed E-state index contributed by atoms with van der Waals surface area (Å²) in [5.74, 6) is -0.558. The average Bonchev–Trinajstić information content (AvgIpc) is 2.53. The predicted octanol–water partition coefficient (Wildman–Crippen LogP) is 4.81. The highest BCUT2D eigenvalue weighted by molar-refractivity contribution is 5.93. The lowest BCUT2D eigenvalue weighted by atomic mass is 9.99. The van der Waals surface area contributed by atoms with Gasteiger partial charge in [-0.15, -0.1) is 0 Å². The van der Waals surface area contributed by atoms with Crippen molar-refractivity contribution in [1.82, 2.24) is 0 Å². The summed E-state index contributed by atoms with van der Waals surface area (Å²) in [6.45, 7) is 2.41. The van der Waals surface area contributed by atoms with Crippen molar-refractivity contribution in [2.45, 2.75) is 96.8 Å². The minimum Gasteiger partial charge on any atom is -0.329 e. The number of carbonyl (C=O) groups excluding carboxylic acids is 2. The molecule has 0 rings (SSSR count). The molecule has 0 fully saturated rings. The Bertz CT molecular complexity index is 266. The Labute approximate surface area is 137 Å². The van der Waals surface area contributed by atoms with Crippen LogP contribution in [0.15, 0.2) is 0 Å². The molecule has 0 aromatic carbocycles. The molecule has 1 atom stereocenters. The van der Waals surface area contributed by atoms with Gasteiger partial charge in [-0.25, -0.2) is 0 Å². The molecule has 0 bridgehead atoms. The fourth-order valence-corrected chi connectivity index (χ4v) is 2.77. The molecule has 0 amide bonds. The van der Waals surface area contributed by atoms with Gasteiger partial charge in [0, 0.05) is 13.0 Å². The first-order valence-electron chi connectivity index (χ1n) is 9.44. The second kappa shape index (κ2) is 16.7. The van der Waals surface area contributed by atoms with E-state index in [-0.39, 0.29) is 12.3 Å². The molecule has 3 nitrogen and oxygen atoms in total. The van der Waals surface area contributed by atoms with Gasteiger partial charge < -0.3 is 10.5 Å². The van der Waals surface area contributed by atoms with E-state index in [9.17, 15) is 9.59 Å². The zero-order valence-electron chi connectivity index (χ0n) is 14.7. The third-order valence-corrected chi connectivity index (χ3v) is 4.36. The van der Waals surface area contributed by atoms with Gasteiger partial charge in [0.1, 0.15) is 12.1 Å². The van der Waals surface area contributed by atoms with Gasteiger partial charge in [0.25, 0.3) is 0 Å². The Morgan fingerprint density at radius 3 is 1.59 bits per heavy atom. The van der Waals surface area contributed by atoms with Crippen LogP contribution in [0.3, 0.4) is 0 Å². The van der Waals surface area contributed by atoms with Gasteiger partial charge in [0.15, 0.2) is 0 Å². The van der Waals surface area contributed by atoms with Crippen LogP contribution in [0, 0.1) is 5.92 Å². The number of ketones is 1. The van der Waals surface area contributed by atoms with Crippen LogP contribution < -0.4 is 5.73 Å². The number of unbranched alkanes of at least 4 members (excludes halogenated alkanes) is 12. The van der Waals surface area contributed by atoms with Crippen molar-refractivity contribution in [1.29, 1.82) is 0 Å². The smallest absolute Gasteiger partial charge is 0.144 e. The topological polar surface area (TPSA) is 60.2 Å². The third kappa shape index (κ3) is 13.0. The number of nitrogens with two attached hydrogens (primary N) is 1. The van der Waals surface area contributed by atoms with Crippen LogP contribution in [0.4, 0.5) is 0 Å². The lowest BCUT2D eigenvalue weighted by molar-refractivity contribution is -0.127. The van der Waals surface area contributed by atoms with E-state index in [0.717, 1.165) is 12.8 Å². The second-order valence-corrected chi connectivity index (χ2v) is 6.44.